The standard InChI is InChI=1S/C15H19NO5/c17-14(7-9-20-10-13-2-1-8-21-13)16-12-5-3-11(4-6-12)15(18)19/h3-6,13H,1-2,7-10H2,(H,16,17)(H,18,19). The van der Waals surface area contributed by atoms with Gasteiger partial charge in [-0.2, -0.15) is 0 Å². The number of hydrogen-bond acceptors (Lipinski definition) is 4. The minimum atomic E-state index is -0.990. The Balaban J connectivity index is 1.65. The van der Waals surface area contributed by atoms with Gasteiger partial charge < -0.3 is 19.9 Å². The van der Waals surface area contributed by atoms with E-state index in [2.05, 4.69) is 5.32 Å². The van der Waals surface area contributed by atoms with Crippen molar-refractivity contribution in [3.63, 3.8) is 0 Å². The molecule has 1 aliphatic rings. The molecule has 2 rings (SSSR count). The van der Waals surface area contributed by atoms with E-state index >= 15 is 0 Å². The highest BCUT2D eigenvalue weighted by Crippen LogP contribution is 2.12. The Morgan fingerprint density at radius 3 is 2.71 bits per heavy atom. The third kappa shape index (κ3) is 5.17. The van der Waals surface area contributed by atoms with Gasteiger partial charge in [0.25, 0.3) is 0 Å². The first-order valence-corrected chi connectivity index (χ1v) is 6.97. The zero-order chi connectivity index (χ0) is 15.1. The molecule has 1 atom stereocenters. The Morgan fingerprint density at radius 1 is 1.33 bits per heavy atom. The second-order valence-electron chi connectivity index (χ2n) is 4.89. The van der Waals surface area contributed by atoms with Gasteiger partial charge in [0, 0.05) is 12.3 Å². The first-order chi connectivity index (χ1) is 10.1. The molecule has 0 aliphatic carbocycles. The van der Waals surface area contributed by atoms with Gasteiger partial charge in [-0.05, 0) is 37.1 Å². The van der Waals surface area contributed by atoms with Crippen molar-refractivity contribution < 1.29 is 24.2 Å². The maximum absolute atomic E-state index is 11.7. The minimum absolute atomic E-state index is 0.162. The number of carboxylic acid groups (broad SMARTS) is 1. The van der Waals surface area contributed by atoms with Crippen LogP contribution in [-0.4, -0.2) is 42.9 Å². The summed E-state index contributed by atoms with van der Waals surface area (Å²) in [4.78, 5) is 22.4. The lowest BCUT2D eigenvalue weighted by atomic mass is 10.2. The molecular weight excluding hydrogens is 274 g/mol. The van der Waals surface area contributed by atoms with Crippen LogP contribution in [0.25, 0.3) is 0 Å². The van der Waals surface area contributed by atoms with Gasteiger partial charge in [-0.3, -0.25) is 4.79 Å². The van der Waals surface area contributed by atoms with Crippen LogP contribution in [-0.2, 0) is 14.3 Å². The van der Waals surface area contributed by atoms with Crippen LogP contribution >= 0.6 is 0 Å². The number of ether oxygens (including phenoxy) is 2. The number of anilines is 1. The summed E-state index contributed by atoms with van der Waals surface area (Å²) >= 11 is 0. The van der Waals surface area contributed by atoms with Crippen LogP contribution in [0.15, 0.2) is 24.3 Å². The van der Waals surface area contributed by atoms with Crippen LogP contribution in [0.5, 0.6) is 0 Å². The third-order valence-corrected chi connectivity index (χ3v) is 3.22. The number of rotatable bonds is 7. The molecule has 114 valence electrons. The Labute approximate surface area is 123 Å². The summed E-state index contributed by atoms with van der Waals surface area (Å²) in [5.41, 5.74) is 0.761. The zero-order valence-corrected chi connectivity index (χ0v) is 11.7. The molecule has 1 unspecified atom stereocenters. The largest absolute Gasteiger partial charge is 0.478 e. The number of carbonyl (C=O) groups is 2. The second-order valence-corrected chi connectivity index (χ2v) is 4.89. The van der Waals surface area contributed by atoms with Crippen LogP contribution in [0.1, 0.15) is 29.6 Å². The lowest BCUT2D eigenvalue weighted by molar-refractivity contribution is -0.117. The van der Waals surface area contributed by atoms with Crippen molar-refractivity contribution in [3.05, 3.63) is 29.8 Å². The monoisotopic (exact) mass is 293 g/mol. The lowest BCUT2D eigenvalue weighted by Gasteiger charge is -2.10. The fourth-order valence-electron chi connectivity index (χ4n) is 2.08. The van der Waals surface area contributed by atoms with Gasteiger partial charge in [-0.1, -0.05) is 0 Å². The highest BCUT2D eigenvalue weighted by molar-refractivity contribution is 5.92. The lowest BCUT2D eigenvalue weighted by Crippen LogP contribution is -2.18. The van der Waals surface area contributed by atoms with Gasteiger partial charge in [-0.25, -0.2) is 4.79 Å². The van der Waals surface area contributed by atoms with E-state index in [4.69, 9.17) is 14.6 Å². The molecule has 1 aromatic rings. The molecule has 1 aromatic carbocycles. The quantitative estimate of drug-likeness (QED) is 0.750. The highest BCUT2D eigenvalue weighted by atomic mass is 16.5. The molecular formula is C15H19NO5. The number of aromatic carboxylic acids is 1. The van der Waals surface area contributed by atoms with E-state index in [0.29, 0.717) is 18.9 Å². The highest BCUT2D eigenvalue weighted by Gasteiger charge is 2.15. The number of hydrogen-bond donors (Lipinski definition) is 2. The molecule has 1 saturated heterocycles. The van der Waals surface area contributed by atoms with E-state index in [9.17, 15) is 9.59 Å². The predicted molar refractivity (Wildman–Crippen MR) is 76.4 cm³/mol. The summed E-state index contributed by atoms with van der Waals surface area (Å²) < 4.78 is 10.8. The number of carbonyl (C=O) groups excluding carboxylic acids is 1. The Morgan fingerprint density at radius 2 is 2.10 bits per heavy atom. The molecule has 1 amide bonds. The van der Waals surface area contributed by atoms with Gasteiger partial charge in [0.05, 0.1) is 31.3 Å². The van der Waals surface area contributed by atoms with Crippen molar-refractivity contribution in [2.24, 2.45) is 0 Å². The molecule has 0 aromatic heterocycles. The van der Waals surface area contributed by atoms with Gasteiger partial charge >= 0.3 is 5.97 Å². The van der Waals surface area contributed by atoms with Crippen LogP contribution in [0.4, 0.5) is 5.69 Å². The van der Waals surface area contributed by atoms with Gasteiger partial charge in [0.15, 0.2) is 0 Å². The van der Waals surface area contributed by atoms with E-state index in [1.165, 1.54) is 12.1 Å². The molecule has 0 bridgehead atoms. The van der Waals surface area contributed by atoms with Crippen molar-refractivity contribution in [1.82, 2.24) is 0 Å². The Bertz CT molecular complexity index is 479. The number of carboxylic acids is 1. The molecule has 1 fully saturated rings. The fourth-order valence-corrected chi connectivity index (χ4v) is 2.08. The van der Waals surface area contributed by atoms with E-state index in [1.807, 2.05) is 0 Å². The average molecular weight is 293 g/mol. The third-order valence-electron chi connectivity index (χ3n) is 3.22. The summed E-state index contributed by atoms with van der Waals surface area (Å²) in [6.07, 6.45) is 2.51. The Kier molecular flexibility index (Phi) is 5.71. The molecule has 2 N–H and O–H groups in total. The molecule has 21 heavy (non-hydrogen) atoms. The zero-order valence-electron chi connectivity index (χ0n) is 11.7. The molecule has 1 aliphatic heterocycles. The fraction of sp³-hybridized carbons (Fsp3) is 0.467. The molecule has 0 spiro atoms. The van der Waals surface area contributed by atoms with Crippen molar-refractivity contribution in [2.75, 3.05) is 25.1 Å². The van der Waals surface area contributed by atoms with Crippen molar-refractivity contribution in [1.29, 1.82) is 0 Å². The molecule has 0 radical (unpaired) electrons. The van der Waals surface area contributed by atoms with Crippen LogP contribution in [0.2, 0.25) is 0 Å². The van der Waals surface area contributed by atoms with Crippen LogP contribution in [0.3, 0.4) is 0 Å². The molecule has 1 heterocycles. The van der Waals surface area contributed by atoms with Crippen molar-refractivity contribution in [3.8, 4) is 0 Å². The van der Waals surface area contributed by atoms with Crippen LogP contribution in [0, 0.1) is 0 Å². The maximum Gasteiger partial charge on any atom is 0.335 e. The first-order valence-electron chi connectivity index (χ1n) is 6.97. The average Bonchev–Trinajstić information content (AvgIpc) is 2.97. The number of benzene rings is 1. The summed E-state index contributed by atoms with van der Waals surface area (Å²) in [5, 5.41) is 11.5. The van der Waals surface area contributed by atoms with E-state index in [1.54, 1.807) is 12.1 Å². The Hall–Kier alpha value is -1.92. The number of amides is 1. The van der Waals surface area contributed by atoms with E-state index in [0.717, 1.165) is 19.4 Å². The van der Waals surface area contributed by atoms with E-state index in [-0.39, 0.29) is 24.0 Å². The topological polar surface area (TPSA) is 84.9 Å². The van der Waals surface area contributed by atoms with Crippen LogP contribution < -0.4 is 5.32 Å². The normalized spacial score (nSPS) is 17.6. The van der Waals surface area contributed by atoms with Gasteiger partial charge in [-0.15, -0.1) is 0 Å². The van der Waals surface area contributed by atoms with Gasteiger partial charge in [0.2, 0.25) is 5.91 Å². The second kappa shape index (κ2) is 7.75. The summed E-state index contributed by atoms with van der Waals surface area (Å²) in [5.74, 6) is -1.15. The number of nitrogens with one attached hydrogen (secondary N) is 1. The van der Waals surface area contributed by atoms with Gasteiger partial charge in [0.1, 0.15) is 0 Å². The maximum atomic E-state index is 11.7. The molecule has 0 saturated carbocycles. The summed E-state index contributed by atoms with van der Waals surface area (Å²) in [7, 11) is 0. The first kappa shape index (κ1) is 15.5. The van der Waals surface area contributed by atoms with E-state index < -0.39 is 5.97 Å². The predicted octanol–water partition coefficient (Wildman–Crippen LogP) is 1.91. The van der Waals surface area contributed by atoms with Crippen molar-refractivity contribution in [2.45, 2.75) is 25.4 Å². The molecule has 6 heteroatoms. The SMILES string of the molecule is O=C(CCOCC1CCCO1)Nc1ccc(C(=O)O)cc1. The molecule has 6 nitrogen and oxygen atoms in total. The smallest absolute Gasteiger partial charge is 0.335 e. The summed E-state index contributed by atoms with van der Waals surface area (Å²) in [6, 6.07) is 6.03. The minimum Gasteiger partial charge on any atom is -0.478 e. The van der Waals surface area contributed by atoms with Crippen molar-refractivity contribution >= 4 is 17.6 Å². The summed E-state index contributed by atoms with van der Waals surface area (Å²) in [6.45, 7) is 1.67.